The second-order valence-corrected chi connectivity index (χ2v) is 2.84. The summed E-state index contributed by atoms with van der Waals surface area (Å²) in [5, 5.41) is 2.20. The largest absolute Gasteiger partial charge is 0.346 e. The van der Waals surface area contributed by atoms with E-state index < -0.39 is 0 Å². The first-order valence-electron chi connectivity index (χ1n) is 4.02. The van der Waals surface area contributed by atoms with Gasteiger partial charge in [0.25, 0.3) is 0 Å². The minimum absolute atomic E-state index is 0.630. The van der Waals surface area contributed by atoms with Crippen LogP contribution in [0.25, 0.3) is 0 Å². The Bertz CT molecular complexity index is 196. The molecular formula is C9H15N2+. The average molecular weight is 151 g/mol. The van der Waals surface area contributed by atoms with Gasteiger partial charge in [-0.1, -0.05) is 6.07 Å². The van der Waals surface area contributed by atoms with Gasteiger partial charge in [0, 0.05) is 18.3 Å². The molecule has 0 radical (unpaired) electrons. The monoisotopic (exact) mass is 151 g/mol. The fraction of sp³-hybridized carbons (Fsp3) is 0.444. The second kappa shape index (κ2) is 4.09. The number of rotatable bonds is 3. The van der Waals surface area contributed by atoms with Gasteiger partial charge in [-0.05, 0) is 19.1 Å². The first-order valence-corrected chi connectivity index (χ1v) is 4.02. The maximum atomic E-state index is 4.25. The summed E-state index contributed by atoms with van der Waals surface area (Å²) in [5.74, 6) is 0. The second-order valence-electron chi connectivity index (χ2n) is 2.84. The number of hydrogen-bond donors (Lipinski definition) is 1. The van der Waals surface area contributed by atoms with Crippen molar-refractivity contribution in [1.82, 2.24) is 4.98 Å². The highest BCUT2D eigenvalue weighted by molar-refractivity contribution is 5.03. The van der Waals surface area contributed by atoms with Gasteiger partial charge in [0.1, 0.15) is 0 Å². The molecule has 2 heteroatoms. The van der Waals surface area contributed by atoms with Crippen LogP contribution in [-0.4, -0.2) is 18.1 Å². The van der Waals surface area contributed by atoms with E-state index in [4.69, 9.17) is 0 Å². The van der Waals surface area contributed by atoms with Crippen molar-refractivity contribution in [2.75, 3.05) is 7.05 Å². The van der Waals surface area contributed by atoms with E-state index in [9.17, 15) is 0 Å². The zero-order chi connectivity index (χ0) is 8.10. The number of nitrogens with two attached hydrogens (primary N) is 1. The molecule has 1 aromatic heterocycles. The molecule has 0 amide bonds. The van der Waals surface area contributed by atoms with Crippen LogP contribution in [0.5, 0.6) is 0 Å². The minimum Gasteiger partial charge on any atom is -0.346 e. The molecule has 0 aliphatic carbocycles. The van der Waals surface area contributed by atoms with Crippen LogP contribution < -0.4 is 5.32 Å². The average Bonchev–Trinajstić information content (AvgIpc) is 2.06. The Morgan fingerprint density at radius 3 is 2.91 bits per heavy atom. The highest BCUT2D eigenvalue weighted by Gasteiger charge is 2.02. The van der Waals surface area contributed by atoms with Gasteiger partial charge in [-0.3, -0.25) is 4.98 Å². The van der Waals surface area contributed by atoms with E-state index >= 15 is 0 Å². The first kappa shape index (κ1) is 8.21. The van der Waals surface area contributed by atoms with Crippen molar-refractivity contribution in [1.29, 1.82) is 0 Å². The van der Waals surface area contributed by atoms with Crippen LogP contribution in [0.3, 0.4) is 0 Å². The third kappa shape index (κ3) is 2.68. The van der Waals surface area contributed by atoms with E-state index in [0.717, 1.165) is 6.42 Å². The molecule has 2 N–H and O–H groups in total. The van der Waals surface area contributed by atoms with Crippen LogP contribution in [0.2, 0.25) is 0 Å². The standard InChI is InChI=1S/C9H14N2/c1-8(10-2)7-9-5-3-4-6-11-9/h3-6,8,10H,7H2,1-2H3/p+1/t8-/m0/s1. The molecule has 0 saturated heterocycles. The van der Waals surface area contributed by atoms with Gasteiger partial charge in [-0.25, -0.2) is 0 Å². The molecule has 0 fully saturated rings. The van der Waals surface area contributed by atoms with E-state index in [2.05, 4.69) is 30.3 Å². The van der Waals surface area contributed by atoms with E-state index in [-0.39, 0.29) is 0 Å². The summed E-state index contributed by atoms with van der Waals surface area (Å²) in [6.07, 6.45) is 2.90. The van der Waals surface area contributed by atoms with Gasteiger partial charge in [-0.15, -0.1) is 0 Å². The number of aromatic nitrogens is 1. The van der Waals surface area contributed by atoms with Gasteiger partial charge in [0.15, 0.2) is 0 Å². The molecule has 0 aliphatic heterocycles. The normalized spacial score (nSPS) is 12.9. The van der Waals surface area contributed by atoms with Gasteiger partial charge >= 0.3 is 0 Å². The summed E-state index contributed by atoms with van der Waals surface area (Å²) in [5.41, 5.74) is 1.18. The predicted molar refractivity (Wildman–Crippen MR) is 45.3 cm³/mol. The fourth-order valence-corrected chi connectivity index (χ4v) is 0.967. The molecule has 0 aliphatic rings. The van der Waals surface area contributed by atoms with Gasteiger partial charge in [-0.2, -0.15) is 0 Å². The Labute approximate surface area is 67.7 Å². The van der Waals surface area contributed by atoms with Crippen molar-refractivity contribution < 1.29 is 5.32 Å². The smallest absolute Gasteiger partial charge is 0.0884 e. The lowest BCUT2D eigenvalue weighted by atomic mass is 10.2. The Morgan fingerprint density at radius 1 is 1.55 bits per heavy atom. The van der Waals surface area contributed by atoms with Crippen LogP contribution in [-0.2, 0) is 6.42 Å². The Morgan fingerprint density at radius 2 is 2.36 bits per heavy atom. The molecule has 0 bridgehead atoms. The highest BCUT2D eigenvalue weighted by Crippen LogP contribution is 1.95. The lowest BCUT2D eigenvalue weighted by molar-refractivity contribution is -0.659. The fourth-order valence-electron chi connectivity index (χ4n) is 0.967. The van der Waals surface area contributed by atoms with E-state index in [1.54, 1.807) is 0 Å². The van der Waals surface area contributed by atoms with Crippen molar-refractivity contribution in [3.8, 4) is 0 Å². The number of likely N-dealkylation sites (N-methyl/N-ethyl adjacent to an activating group) is 1. The van der Waals surface area contributed by atoms with E-state index in [1.165, 1.54) is 5.69 Å². The zero-order valence-electron chi connectivity index (χ0n) is 7.12. The van der Waals surface area contributed by atoms with Crippen LogP contribution in [0.4, 0.5) is 0 Å². The van der Waals surface area contributed by atoms with Crippen LogP contribution in [0.15, 0.2) is 24.4 Å². The lowest BCUT2D eigenvalue weighted by Crippen LogP contribution is -2.85. The maximum absolute atomic E-state index is 4.25. The van der Waals surface area contributed by atoms with Crippen LogP contribution in [0, 0.1) is 0 Å². The number of nitrogens with zero attached hydrogens (tertiary/aromatic N) is 1. The van der Waals surface area contributed by atoms with Crippen molar-refractivity contribution in [2.45, 2.75) is 19.4 Å². The molecule has 0 spiro atoms. The molecule has 1 atom stereocenters. The molecule has 60 valence electrons. The lowest BCUT2D eigenvalue weighted by Gasteiger charge is -2.04. The van der Waals surface area contributed by atoms with Gasteiger partial charge in [0.05, 0.1) is 13.1 Å². The topological polar surface area (TPSA) is 29.5 Å². The molecule has 1 aromatic rings. The Balaban J connectivity index is 2.51. The third-order valence-corrected chi connectivity index (χ3v) is 1.83. The summed E-state index contributed by atoms with van der Waals surface area (Å²) in [7, 11) is 2.09. The van der Waals surface area contributed by atoms with Crippen molar-refractivity contribution in [2.24, 2.45) is 0 Å². The summed E-state index contributed by atoms with van der Waals surface area (Å²) in [4.78, 5) is 4.25. The molecule has 0 aromatic carbocycles. The number of hydrogen-bond acceptors (Lipinski definition) is 1. The Hall–Kier alpha value is -0.890. The molecule has 1 heterocycles. The quantitative estimate of drug-likeness (QED) is 0.657. The predicted octanol–water partition coefficient (Wildman–Crippen LogP) is 0.206. The SMILES string of the molecule is C[NH2+][C@@H](C)Cc1ccccn1. The molecule has 11 heavy (non-hydrogen) atoms. The maximum Gasteiger partial charge on any atom is 0.0884 e. The summed E-state index contributed by atoms with van der Waals surface area (Å²) >= 11 is 0. The highest BCUT2D eigenvalue weighted by atomic mass is 14.9. The van der Waals surface area contributed by atoms with E-state index in [0.29, 0.717) is 6.04 Å². The summed E-state index contributed by atoms with van der Waals surface area (Å²) in [6, 6.07) is 6.68. The minimum atomic E-state index is 0.630. The number of pyridine rings is 1. The molecule has 0 saturated carbocycles. The molecule has 0 unspecified atom stereocenters. The first-order chi connectivity index (χ1) is 5.33. The molecular weight excluding hydrogens is 136 g/mol. The van der Waals surface area contributed by atoms with Gasteiger partial charge < -0.3 is 5.32 Å². The van der Waals surface area contributed by atoms with Crippen LogP contribution >= 0.6 is 0 Å². The van der Waals surface area contributed by atoms with Gasteiger partial charge in [0.2, 0.25) is 0 Å². The number of quaternary nitrogens is 1. The Kier molecular flexibility index (Phi) is 3.05. The molecule has 2 nitrogen and oxygen atoms in total. The van der Waals surface area contributed by atoms with Crippen molar-refractivity contribution in [3.63, 3.8) is 0 Å². The van der Waals surface area contributed by atoms with Crippen LogP contribution in [0.1, 0.15) is 12.6 Å². The van der Waals surface area contributed by atoms with Crippen molar-refractivity contribution >= 4 is 0 Å². The third-order valence-electron chi connectivity index (χ3n) is 1.83. The summed E-state index contributed by atoms with van der Waals surface area (Å²) < 4.78 is 0. The summed E-state index contributed by atoms with van der Waals surface area (Å²) in [6.45, 7) is 2.20. The van der Waals surface area contributed by atoms with E-state index in [1.807, 2.05) is 18.3 Å². The molecule has 1 rings (SSSR count). The zero-order valence-corrected chi connectivity index (χ0v) is 7.12. The van der Waals surface area contributed by atoms with Crippen molar-refractivity contribution in [3.05, 3.63) is 30.1 Å².